The Hall–Kier alpha value is -0.760. The highest BCUT2D eigenvalue weighted by atomic mass is 35.5. The Labute approximate surface area is 98.3 Å². The molecule has 0 fully saturated rings. The first-order valence-corrected chi connectivity index (χ1v) is 5.31. The fourth-order valence-corrected chi connectivity index (χ4v) is 1.86. The van der Waals surface area contributed by atoms with E-state index in [1.807, 2.05) is 6.07 Å². The normalized spacial score (nSPS) is 10.3. The van der Waals surface area contributed by atoms with Crippen LogP contribution in [0.3, 0.4) is 0 Å². The SMILES string of the molecule is COCc1nn(CCC#N)c(Cl)c1CCl. The van der Waals surface area contributed by atoms with Gasteiger partial charge in [-0.3, -0.25) is 4.68 Å². The van der Waals surface area contributed by atoms with E-state index in [0.717, 1.165) is 11.3 Å². The monoisotopic (exact) mass is 247 g/mol. The summed E-state index contributed by atoms with van der Waals surface area (Å²) in [4.78, 5) is 0. The molecular weight excluding hydrogens is 237 g/mol. The lowest BCUT2D eigenvalue weighted by Gasteiger charge is -1.97. The Morgan fingerprint density at radius 1 is 1.60 bits per heavy atom. The van der Waals surface area contributed by atoms with Gasteiger partial charge in [-0.1, -0.05) is 11.6 Å². The fraction of sp³-hybridized carbons (Fsp3) is 0.556. The molecule has 1 aromatic heterocycles. The molecule has 6 heteroatoms. The van der Waals surface area contributed by atoms with Crippen LogP contribution in [0.5, 0.6) is 0 Å². The molecule has 0 N–H and O–H groups in total. The van der Waals surface area contributed by atoms with E-state index in [2.05, 4.69) is 5.10 Å². The van der Waals surface area contributed by atoms with Crippen molar-refractivity contribution in [1.29, 1.82) is 5.26 Å². The van der Waals surface area contributed by atoms with E-state index in [9.17, 15) is 0 Å². The van der Waals surface area contributed by atoms with Gasteiger partial charge in [-0.15, -0.1) is 11.6 Å². The van der Waals surface area contributed by atoms with Crippen LogP contribution in [0.25, 0.3) is 0 Å². The number of rotatable bonds is 5. The van der Waals surface area contributed by atoms with Crippen LogP contribution >= 0.6 is 23.2 Å². The van der Waals surface area contributed by atoms with E-state index in [1.165, 1.54) is 0 Å². The fourth-order valence-electron chi connectivity index (χ4n) is 1.21. The van der Waals surface area contributed by atoms with Crippen molar-refractivity contribution in [3.63, 3.8) is 0 Å². The zero-order valence-corrected chi connectivity index (χ0v) is 9.85. The smallest absolute Gasteiger partial charge is 0.131 e. The van der Waals surface area contributed by atoms with Crippen LogP contribution in [0.1, 0.15) is 17.7 Å². The van der Waals surface area contributed by atoms with Gasteiger partial charge in [0.2, 0.25) is 0 Å². The van der Waals surface area contributed by atoms with Crippen molar-refractivity contribution in [3.05, 3.63) is 16.4 Å². The predicted octanol–water partition coefficient (Wildman–Crippen LogP) is 2.34. The quantitative estimate of drug-likeness (QED) is 0.751. The topological polar surface area (TPSA) is 50.8 Å². The molecule has 0 radical (unpaired) electrons. The third kappa shape index (κ3) is 2.85. The summed E-state index contributed by atoms with van der Waals surface area (Å²) in [6.45, 7) is 0.851. The molecule has 0 amide bonds. The first-order valence-electron chi connectivity index (χ1n) is 4.40. The lowest BCUT2D eigenvalue weighted by atomic mass is 10.3. The lowest BCUT2D eigenvalue weighted by molar-refractivity contribution is 0.180. The lowest BCUT2D eigenvalue weighted by Crippen LogP contribution is -2.00. The second-order valence-electron chi connectivity index (χ2n) is 2.91. The maximum absolute atomic E-state index is 8.47. The van der Waals surface area contributed by atoms with Gasteiger partial charge in [0.1, 0.15) is 5.15 Å². The van der Waals surface area contributed by atoms with E-state index in [4.69, 9.17) is 33.2 Å². The van der Waals surface area contributed by atoms with Gasteiger partial charge in [0, 0.05) is 12.7 Å². The number of hydrogen-bond donors (Lipinski definition) is 0. The number of aromatic nitrogens is 2. The number of ether oxygens (including phenoxy) is 1. The Morgan fingerprint density at radius 3 is 2.87 bits per heavy atom. The minimum atomic E-state index is 0.296. The Balaban J connectivity index is 2.93. The molecule has 4 nitrogen and oxygen atoms in total. The van der Waals surface area contributed by atoms with Gasteiger partial charge >= 0.3 is 0 Å². The largest absolute Gasteiger partial charge is 0.378 e. The molecule has 0 aliphatic heterocycles. The number of hydrogen-bond acceptors (Lipinski definition) is 3. The molecule has 0 saturated heterocycles. The van der Waals surface area contributed by atoms with Crippen molar-refractivity contribution in [1.82, 2.24) is 9.78 Å². The number of methoxy groups -OCH3 is 1. The van der Waals surface area contributed by atoms with Crippen LogP contribution < -0.4 is 0 Å². The first-order chi connectivity index (χ1) is 7.24. The summed E-state index contributed by atoms with van der Waals surface area (Å²) in [6.07, 6.45) is 0.371. The van der Waals surface area contributed by atoms with Crippen LogP contribution in [-0.4, -0.2) is 16.9 Å². The minimum Gasteiger partial charge on any atom is -0.378 e. The average Bonchev–Trinajstić information content (AvgIpc) is 2.52. The van der Waals surface area contributed by atoms with E-state index >= 15 is 0 Å². The van der Waals surface area contributed by atoms with Crippen LogP contribution in [0.2, 0.25) is 5.15 Å². The summed E-state index contributed by atoms with van der Waals surface area (Å²) in [5.41, 5.74) is 1.51. The molecule has 0 aromatic carbocycles. The van der Waals surface area contributed by atoms with Crippen LogP contribution in [-0.2, 0) is 23.8 Å². The molecular formula is C9H11Cl2N3O. The van der Waals surface area contributed by atoms with Crippen LogP contribution in [0, 0.1) is 11.3 Å². The summed E-state index contributed by atoms with van der Waals surface area (Å²) >= 11 is 11.8. The molecule has 1 aromatic rings. The number of nitrogens with zero attached hydrogens (tertiary/aromatic N) is 3. The Morgan fingerprint density at radius 2 is 2.33 bits per heavy atom. The minimum absolute atomic E-state index is 0.296. The summed E-state index contributed by atoms with van der Waals surface area (Å²) in [7, 11) is 1.58. The van der Waals surface area contributed by atoms with Crippen molar-refractivity contribution in [3.8, 4) is 6.07 Å². The Bertz CT molecular complexity index is 370. The van der Waals surface area contributed by atoms with Crippen molar-refractivity contribution < 1.29 is 4.74 Å². The van der Waals surface area contributed by atoms with E-state index < -0.39 is 0 Å². The zero-order chi connectivity index (χ0) is 11.3. The van der Waals surface area contributed by atoms with E-state index in [-0.39, 0.29) is 0 Å². The summed E-state index contributed by atoms with van der Waals surface area (Å²) in [5.74, 6) is 0.296. The standard InChI is InChI=1S/C9H11Cl2N3O/c1-15-6-8-7(5-10)9(11)14(13-8)4-2-3-12/h2,4-6H2,1H3. The predicted molar refractivity (Wildman–Crippen MR) is 57.7 cm³/mol. The second-order valence-corrected chi connectivity index (χ2v) is 3.54. The van der Waals surface area contributed by atoms with E-state index in [0.29, 0.717) is 30.6 Å². The maximum atomic E-state index is 8.47. The molecule has 0 atom stereocenters. The van der Waals surface area contributed by atoms with E-state index in [1.54, 1.807) is 11.8 Å². The third-order valence-electron chi connectivity index (χ3n) is 1.92. The second kappa shape index (κ2) is 5.96. The number of nitriles is 1. The highest BCUT2D eigenvalue weighted by Gasteiger charge is 2.14. The summed E-state index contributed by atoms with van der Waals surface area (Å²) in [6, 6.07) is 2.04. The van der Waals surface area contributed by atoms with Crippen LogP contribution in [0.15, 0.2) is 0 Å². The number of halogens is 2. The molecule has 0 bridgehead atoms. The number of alkyl halides is 1. The van der Waals surface area contributed by atoms with Crippen molar-refractivity contribution in [2.24, 2.45) is 0 Å². The van der Waals surface area contributed by atoms with Gasteiger partial charge in [-0.25, -0.2) is 0 Å². The summed E-state index contributed by atoms with van der Waals surface area (Å²) in [5, 5.41) is 13.2. The van der Waals surface area contributed by atoms with Crippen molar-refractivity contribution in [2.75, 3.05) is 7.11 Å². The van der Waals surface area contributed by atoms with Gasteiger partial charge in [-0.2, -0.15) is 10.4 Å². The first kappa shape index (κ1) is 12.3. The molecule has 82 valence electrons. The van der Waals surface area contributed by atoms with Gasteiger partial charge in [0.15, 0.2) is 0 Å². The molecule has 0 spiro atoms. The maximum Gasteiger partial charge on any atom is 0.131 e. The molecule has 1 rings (SSSR count). The molecule has 0 saturated carbocycles. The number of aryl methyl sites for hydroxylation is 1. The highest BCUT2D eigenvalue weighted by molar-refractivity contribution is 6.31. The van der Waals surface area contributed by atoms with Gasteiger partial charge in [-0.05, 0) is 0 Å². The Kier molecular flexibility index (Phi) is 4.89. The van der Waals surface area contributed by atoms with Gasteiger partial charge in [0.05, 0.1) is 37.2 Å². The molecule has 0 aliphatic carbocycles. The van der Waals surface area contributed by atoms with Crippen LogP contribution in [0.4, 0.5) is 0 Å². The molecule has 0 aliphatic rings. The third-order valence-corrected chi connectivity index (χ3v) is 2.61. The molecule has 0 unspecified atom stereocenters. The van der Waals surface area contributed by atoms with Crippen molar-refractivity contribution >= 4 is 23.2 Å². The summed E-state index contributed by atoms with van der Waals surface area (Å²) < 4.78 is 6.57. The van der Waals surface area contributed by atoms with Crippen molar-refractivity contribution in [2.45, 2.75) is 25.5 Å². The molecule has 1 heterocycles. The van der Waals surface area contributed by atoms with Gasteiger partial charge in [0.25, 0.3) is 0 Å². The molecule has 15 heavy (non-hydrogen) atoms. The van der Waals surface area contributed by atoms with Gasteiger partial charge < -0.3 is 4.74 Å². The average molecular weight is 248 g/mol. The highest BCUT2D eigenvalue weighted by Crippen LogP contribution is 2.22. The zero-order valence-electron chi connectivity index (χ0n) is 8.33.